The van der Waals surface area contributed by atoms with Gasteiger partial charge in [-0.25, -0.2) is 0 Å². The van der Waals surface area contributed by atoms with Crippen LogP contribution >= 0.6 is 12.2 Å². The van der Waals surface area contributed by atoms with E-state index in [1.807, 2.05) is 55.5 Å². The number of rotatable bonds is 7. The first-order chi connectivity index (χ1) is 18.8. The van der Waals surface area contributed by atoms with E-state index in [1.165, 1.54) is 0 Å². The lowest BCUT2D eigenvalue weighted by Crippen LogP contribution is -2.29. The second-order valence-corrected chi connectivity index (χ2v) is 9.85. The third-order valence-corrected chi connectivity index (χ3v) is 7.37. The lowest BCUT2D eigenvalue weighted by Gasteiger charge is -2.29. The Bertz CT molecular complexity index is 1520. The molecule has 2 aromatic heterocycles. The van der Waals surface area contributed by atoms with Gasteiger partial charge in [-0.15, -0.1) is 0 Å². The van der Waals surface area contributed by atoms with E-state index >= 15 is 0 Å². The van der Waals surface area contributed by atoms with Crippen LogP contribution in [-0.4, -0.2) is 32.8 Å². The van der Waals surface area contributed by atoms with E-state index in [0.717, 1.165) is 34.0 Å². The second-order valence-electron chi connectivity index (χ2n) is 9.46. The molecule has 2 atom stereocenters. The van der Waals surface area contributed by atoms with Crippen molar-refractivity contribution < 1.29 is 14.6 Å². The molecule has 200 valence electrons. The summed E-state index contributed by atoms with van der Waals surface area (Å²) in [5.41, 5.74) is 6.47. The summed E-state index contributed by atoms with van der Waals surface area (Å²) in [6.07, 6.45) is 2.16. The van der Waals surface area contributed by atoms with Gasteiger partial charge in [0.05, 0.1) is 30.6 Å². The first-order valence-corrected chi connectivity index (χ1v) is 13.2. The number of phenols is 1. The summed E-state index contributed by atoms with van der Waals surface area (Å²) in [6.45, 7) is 5.97. The third-order valence-electron chi connectivity index (χ3n) is 7.05. The topological polar surface area (TPSA) is 91.7 Å². The molecule has 0 saturated carbocycles. The van der Waals surface area contributed by atoms with Crippen LogP contribution in [0.4, 0.5) is 11.4 Å². The zero-order chi connectivity index (χ0) is 27.7. The van der Waals surface area contributed by atoms with E-state index in [0.29, 0.717) is 23.0 Å². The highest BCUT2D eigenvalue weighted by Gasteiger charge is 2.42. The number of anilines is 2. The van der Waals surface area contributed by atoms with Crippen molar-refractivity contribution in [2.75, 3.05) is 17.3 Å². The number of ether oxygens (including phenoxy) is 1. The fourth-order valence-corrected chi connectivity index (χ4v) is 5.55. The molecule has 4 aromatic rings. The largest absolute Gasteiger partial charge is 0.508 e. The Labute approximate surface area is 233 Å². The van der Waals surface area contributed by atoms with Crippen molar-refractivity contribution in [3.8, 4) is 17.2 Å². The lowest BCUT2D eigenvalue weighted by atomic mass is 9.96. The SMILES string of the molecule is CCC(=O)Nc1ccc(N2C(=S)NC(c3ccccn3)C2c2cc(C)n(-c3ccc(O)cc3)c2C)cc1OC. The van der Waals surface area contributed by atoms with Gasteiger partial charge in [0.1, 0.15) is 11.5 Å². The van der Waals surface area contributed by atoms with Gasteiger partial charge in [0.25, 0.3) is 0 Å². The van der Waals surface area contributed by atoms with Crippen molar-refractivity contribution in [3.63, 3.8) is 0 Å². The minimum Gasteiger partial charge on any atom is -0.508 e. The summed E-state index contributed by atoms with van der Waals surface area (Å²) in [4.78, 5) is 18.8. The summed E-state index contributed by atoms with van der Waals surface area (Å²) in [5.74, 6) is 0.682. The first-order valence-electron chi connectivity index (χ1n) is 12.8. The molecule has 0 aliphatic carbocycles. The molecule has 5 rings (SSSR count). The van der Waals surface area contributed by atoms with Gasteiger partial charge >= 0.3 is 0 Å². The maximum absolute atomic E-state index is 12.1. The number of phenolic OH excluding ortho intramolecular Hbond substituents is 1. The van der Waals surface area contributed by atoms with Crippen molar-refractivity contribution in [2.45, 2.75) is 39.3 Å². The average Bonchev–Trinajstić information content (AvgIpc) is 3.44. The zero-order valence-electron chi connectivity index (χ0n) is 22.3. The molecular formula is C30H31N5O3S. The molecule has 1 amide bonds. The van der Waals surface area contributed by atoms with E-state index in [1.54, 1.807) is 25.4 Å². The van der Waals surface area contributed by atoms with Crippen LogP contribution in [-0.2, 0) is 4.79 Å². The smallest absolute Gasteiger partial charge is 0.224 e. The number of thiocarbonyl (C=S) groups is 1. The van der Waals surface area contributed by atoms with Crippen molar-refractivity contribution in [1.82, 2.24) is 14.9 Å². The van der Waals surface area contributed by atoms with Gasteiger partial charge in [-0.1, -0.05) is 13.0 Å². The van der Waals surface area contributed by atoms with E-state index < -0.39 is 0 Å². The number of aryl methyl sites for hydroxylation is 1. The van der Waals surface area contributed by atoms with Gasteiger partial charge in [0.15, 0.2) is 5.11 Å². The molecular weight excluding hydrogens is 510 g/mol. The molecule has 0 spiro atoms. The van der Waals surface area contributed by atoms with Crippen molar-refractivity contribution >= 4 is 34.6 Å². The fraction of sp³-hybridized carbons (Fsp3) is 0.233. The Morgan fingerprint density at radius 2 is 1.85 bits per heavy atom. The Kier molecular flexibility index (Phi) is 7.26. The minimum atomic E-state index is -0.217. The molecule has 8 nitrogen and oxygen atoms in total. The predicted octanol–water partition coefficient (Wildman–Crippen LogP) is 5.73. The highest BCUT2D eigenvalue weighted by molar-refractivity contribution is 7.80. The number of carbonyl (C=O) groups is 1. The molecule has 0 bridgehead atoms. The first kappa shape index (κ1) is 26.2. The molecule has 1 fully saturated rings. The monoisotopic (exact) mass is 541 g/mol. The standard InChI is InChI=1S/C30H31N5O3S/c1-5-27(37)32-24-14-11-21(17-26(24)38-4)35-29(28(33-30(35)39)25-8-6-7-15-31-25)23-16-18(2)34(19(23)3)20-9-12-22(36)13-10-20/h6-17,28-29,36H,5H2,1-4H3,(H,32,37)(H,33,39). The second kappa shape index (κ2) is 10.8. The number of hydrogen-bond acceptors (Lipinski definition) is 5. The third kappa shape index (κ3) is 4.93. The molecule has 9 heteroatoms. The zero-order valence-corrected chi connectivity index (χ0v) is 23.1. The van der Waals surface area contributed by atoms with Crippen LogP contribution in [0.15, 0.2) is 72.9 Å². The summed E-state index contributed by atoms with van der Waals surface area (Å²) in [7, 11) is 1.58. The number of nitrogens with zero attached hydrogens (tertiary/aromatic N) is 3. The van der Waals surface area contributed by atoms with Gasteiger partial charge < -0.3 is 29.9 Å². The van der Waals surface area contributed by atoms with Gasteiger partial charge in [-0.3, -0.25) is 9.78 Å². The predicted molar refractivity (Wildman–Crippen MR) is 157 cm³/mol. The van der Waals surface area contributed by atoms with Crippen LogP contribution in [0, 0.1) is 13.8 Å². The van der Waals surface area contributed by atoms with E-state index in [-0.39, 0.29) is 23.7 Å². The van der Waals surface area contributed by atoms with Crippen LogP contribution in [0.3, 0.4) is 0 Å². The Hall–Kier alpha value is -4.37. The van der Waals surface area contributed by atoms with Crippen LogP contribution < -0.4 is 20.3 Å². The lowest BCUT2D eigenvalue weighted by molar-refractivity contribution is -0.115. The number of pyridine rings is 1. The van der Waals surface area contributed by atoms with Crippen molar-refractivity contribution in [1.29, 1.82) is 0 Å². The molecule has 1 aliphatic heterocycles. The van der Waals surface area contributed by atoms with E-state index in [4.69, 9.17) is 17.0 Å². The number of aromatic hydroxyl groups is 1. The molecule has 3 N–H and O–H groups in total. The van der Waals surface area contributed by atoms with Crippen molar-refractivity contribution in [3.05, 3.63) is 95.6 Å². The molecule has 2 aromatic carbocycles. The van der Waals surface area contributed by atoms with Crippen LogP contribution in [0.5, 0.6) is 11.5 Å². The molecule has 39 heavy (non-hydrogen) atoms. The highest BCUT2D eigenvalue weighted by Crippen LogP contribution is 2.45. The maximum atomic E-state index is 12.1. The maximum Gasteiger partial charge on any atom is 0.224 e. The normalized spacial score (nSPS) is 16.7. The van der Waals surface area contributed by atoms with Gasteiger partial charge in [-0.05, 0) is 86.2 Å². The Balaban J connectivity index is 1.64. The van der Waals surface area contributed by atoms with Gasteiger partial charge in [0, 0.05) is 41.4 Å². The van der Waals surface area contributed by atoms with Gasteiger partial charge in [-0.2, -0.15) is 0 Å². The number of amides is 1. The average molecular weight is 542 g/mol. The molecule has 1 aliphatic rings. The number of hydrogen-bond donors (Lipinski definition) is 3. The summed E-state index contributed by atoms with van der Waals surface area (Å²) in [6, 6.07) is 20.5. The Morgan fingerprint density at radius 1 is 1.10 bits per heavy atom. The molecule has 2 unspecified atom stereocenters. The summed E-state index contributed by atoms with van der Waals surface area (Å²) in [5, 5.41) is 16.8. The summed E-state index contributed by atoms with van der Waals surface area (Å²) >= 11 is 5.91. The number of carbonyl (C=O) groups excluding carboxylic acids is 1. The number of methoxy groups -OCH3 is 1. The fourth-order valence-electron chi connectivity index (χ4n) is 5.21. The number of benzene rings is 2. The Morgan fingerprint density at radius 3 is 2.51 bits per heavy atom. The van der Waals surface area contributed by atoms with Crippen LogP contribution in [0.1, 0.15) is 48.1 Å². The van der Waals surface area contributed by atoms with Crippen LogP contribution in [0.25, 0.3) is 5.69 Å². The van der Waals surface area contributed by atoms with Crippen LogP contribution in [0.2, 0.25) is 0 Å². The summed E-state index contributed by atoms with van der Waals surface area (Å²) < 4.78 is 7.83. The minimum absolute atomic E-state index is 0.0887. The van der Waals surface area contributed by atoms with Gasteiger partial charge in [0.2, 0.25) is 5.91 Å². The number of nitrogens with one attached hydrogen (secondary N) is 2. The quantitative estimate of drug-likeness (QED) is 0.258. The van der Waals surface area contributed by atoms with E-state index in [2.05, 4.69) is 45.0 Å². The van der Waals surface area contributed by atoms with E-state index in [9.17, 15) is 9.90 Å². The molecule has 0 radical (unpaired) electrons. The molecule has 1 saturated heterocycles. The van der Waals surface area contributed by atoms with Crippen molar-refractivity contribution in [2.24, 2.45) is 0 Å². The molecule has 3 heterocycles. The highest BCUT2D eigenvalue weighted by atomic mass is 32.1. The number of aromatic nitrogens is 2.